The molecule has 4 heteroatoms. The van der Waals surface area contributed by atoms with Gasteiger partial charge in [-0.15, -0.1) is 0 Å². The van der Waals surface area contributed by atoms with E-state index in [2.05, 4.69) is 5.32 Å². The van der Waals surface area contributed by atoms with Gasteiger partial charge in [-0.1, -0.05) is 6.07 Å². The van der Waals surface area contributed by atoms with Crippen LogP contribution in [0.2, 0.25) is 0 Å². The molecule has 0 bridgehead atoms. The maximum absolute atomic E-state index is 13.4. The Kier molecular flexibility index (Phi) is 4.52. The van der Waals surface area contributed by atoms with Crippen LogP contribution in [0.3, 0.4) is 0 Å². The van der Waals surface area contributed by atoms with Gasteiger partial charge in [-0.25, -0.2) is 4.39 Å². The van der Waals surface area contributed by atoms with Gasteiger partial charge < -0.3 is 14.8 Å². The topological polar surface area (TPSA) is 30.5 Å². The molecular weight excluding hydrogens is 197 g/mol. The average molecular weight is 213 g/mol. The van der Waals surface area contributed by atoms with Crippen molar-refractivity contribution in [2.24, 2.45) is 0 Å². The van der Waals surface area contributed by atoms with Gasteiger partial charge in [0.25, 0.3) is 0 Å². The number of methoxy groups -OCH3 is 2. The van der Waals surface area contributed by atoms with E-state index in [4.69, 9.17) is 9.47 Å². The van der Waals surface area contributed by atoms with Gasteiger partial charge in [-0.3, -0.25) is 0 Å². The molecule has 0 unspecified atom stereocenters. The van der Waals surface area contributed by atoms with E-state index in [9.17, 15) is 4.39 Å². The summed E-state index contributed by atoms with van der Waals surface area (Å²) in [6.07, 6.45) is -0.370. The Bertz CT molecular complexity index is 313. The number of rotatable bonds is 5. The van der Waals surface area contributed by atoms with Crippen molar-refractivity contribution >= 4 is 5.69 Å². The normalized spacial score (nSPS) is 10.7. The molecule has 1 rings (SSSR count). The number of hydrogen-bond donors (Lipinski definition) is 1. The van der Waals surface area contributed by atoms with Crippen LogP contribution in [0.5, 0.6) is 0 Å². The minimum Gasteiger partial charge on any atom is -0.378 e. The molecular formula is C11H16FNO2. The monoisotopic (exact) mass is 213 g/mol. The van der Waals surface area contributed by atoms with Crippen LogP contribution < -0.4 is 5.32 Å². The first-order valence-electron chi connectivity index (χ1n) is 4.73. The van der Waals surface area contributed by atoms with Gasteiger partial charge in [0.15, 0.2) is 6.29 Å². The summed E-state index contributed by atoms with van der Waals surface area (Å²) in [6, 6.07) is 5.03. The Hall–Kier alpha value is -1.13. The number of halogens is 1. The third-order valence-corrected chi connectivity index (χ3v) is 2.11. The molecule has 0 saturated heterocycles. The predicted molar refractivity (Wildman–Crippen MR) is 57.4 cm³/mol. The largest absolute Gasteiger partial charge is 0.378 e. The Balaban J connectivity index is 2.57. The molecule has 1 aromatic carbocycles. The van der Waals surface area contributed by atoms with E-state index < -0.39 is 0 Å². The molecule has 0 saturated carbocycles. The average Bonchev–Trinajstić information content (AvgIpc) is 2.22. The minimum absolute atomic E-state index is 0.263. The highest BCUT2D eigenvalue weighted by Gasteiger charge is 2.06. The van der Waals surface area contributed by atoms with E-state index in [0.717, 1.165) is 5.56 Å². The molecule has 0 atom stereocenters. The van der Waals surface area contributed by atoms with E-state index >= 15 is 0 Å². The van der Waals surface area contributed by atoms with E-state index in [-0.39, 0.29) is 12.1 Å². The highest BCUT2D eigenvalue weighted by atomic mass is 19.1. The first-order valence-corrected chi connectivity index (χ1v) is 4.73. The Morgan fingerprint density at radius 2 is 2.00 bits per heavy atom. The van der Waals surface area contributed by atoms with Crippen LogP contribution in [0.4, 0.5) is 10.1 Å². The Labute approximate surface area is 89.2 Å². The maximum atomic E-state index is 13.4. The second-order valence-electron chi connectivity index (χ2n) is 3.27. The van der Waals surface area contributed by atoms with Crippen LogP contribution in [-0.2, 0) is 9.47 Å². The summed E-state index contributed by atoms with van der Waals surface area (Å²) < 4.78 is 23.3. The van der Waals surface area contributed by atoms with Gasteiger partial charge in [-0.2, -0.15) is 0 Å². The smallest absolute Gasteiger partial charge is 0.173 e. The number of benzene rings is 1. The van der Waals surface area contributed by atoms with Crippen molar-refractivity contribution in [1.29, 1.82) is 0 Å². The lowest BCUT2D eigenvalue weighted by molar-refractivity contribution is -0.0914. The summed E-state index contributed by atoms with van der Waals surface area (Å²) in [5.74, 6) is -0.263. The Morgan fingerprint density at radius 1 is 1.33 bits per heavy atom. The first-order chi connectivity index (χ1) is 7.17. The predicted octanol–water partition coefficient (Wildman–Crippen LogP) is 2.16. The maximum Gasteiger partial charge on any atom is 0.173 e. The van der Waals surface area contributed by atoms with Crippen LogP contribution in [0.1, 0.15) is 5.56 Å². The molecule has 0 fully saturated rings. The molecule has 0 heterocycles. The third-order valence-electron chi connectivity index (χ3n) is 2.11. The summed E-state index contributed by atoms with van der Waals surface area (Å²) in [6.45, 7) is 2.26. The second kappa shape index (κ2) is 5.68. The molecule has 0 aliphatic carbocycles. The van der Waals surface area contributed by atoms with Crippen molar-refractivity contribution in [2.75, 3.05) is 26.1 Å². The third kappa shape index (κ3) is 3.49. The van der Waals surface area contributed by atoms with Gasteiger partial charge >= 0.3 is 0 Å². The number of anilines is 1. The highest BCUT2D eigenvalue weighted by molar-refractivity contribution is 5.46. The van der Waals surface area contributed by atoms with Gasteiger partial charge in [0, 0.05) is 14.2 Å². The fourth-order valence-corrected chi connectivity index (χ4v) is 1.22. The van der Waals surface area contributed by atoms with Crippen molar-refractivity contribution in [3.63, 3.8) is 0 Å². The minimum atomic E-state index is -0.370. The van der Waals surface area contributed by atoms with E-state index in [1.54, 1.807) is 20.3 Å². The molecule has 0 amide bonds. The lowest BCUT2D eigenvalue weighted by Crippen LogP contribution is -2.23. The van der Waals surface area contributed by atoms with Crippen LogP contribution >= 0.6 is 0 Å². The summed E-state index contributed by atoms with van der Waals surface area (Å²) in [5, 5.41) is 2.92. The molecule has 84 valence electrons. The van der Waals surface area contributed by atoms with E-state index in [1.807, 2.05) is 13.0 Å². The van der Waals surface area contributed by atoms with Crippen molar-refractivity contribution in [1.82, 2.24) is 0 Å². The zero-order valence-corrected chi connectivity index (χ0v) is 9.21. The zero-order valence-electron chi connectivity index (χ0n) is 9.21. The van der Waals surface area contributed by atoms with Crippen molar-refractivity contribution < 1.29 is 13.9 Å². The van der Waals surface area contributed by atoms with Crippen molar-refractivity contribution in [3.8, 4) is 0 Å². The van der Waals surface area contributed by atoms with E-state index in [0.29, 0.717) is 12.2 Å². The second-order valence-corrected chi connectivity index (χ2v) is 3.27. The zero-order chi connectivity index (χ0) is 11.3. The fraction of sp³-hybridized carbons (Fsp3) is 0.455. The summed E-state index contributed by atoms with van der Waals surface area (Å²) in [4.78, 5) is 0. The van der Waals surface area contributed by atoms with Crippen LogP contribution in [0.25, 0.3) is 0 Å². The molecule has 0 radical (unpaired) electrons. The number of ether oxygens (including phenoxy) is 2. The highest BCUT2D eigenvalue weighted by Crippen LogP contribution is 2.15. The van der Waals surface area contributed by atoms with Gasteiger partial charge in [0.1, 0.15) is 5.82 Å². The van der Waals surface area contributed by atoms with Gasteiger partial charge in [-0.05, 0) is 24.6 Å². The Morgan fingerprint density at radius 3 is 2.53 bits per heavy atom. The summed E-state index contributed by atoms with van der Waals surface area (Å²) in [7, 11) is 3.09. The summed E-state index contributed by atoms with van der Waals surface area (Å²) in [5.41, 5.74) is 1.35. The first kappa shape index (κ1) is 11.9. The molecule has 0 aliphatic heterocycles. The SMILES string of the molecule is COC(CNc1ccc(C)cc1F)OC. The quantitative estimate of drug-likeness (QED) is 0.760. The molecule has 0 spiro atoms. The lowest BCUT2D eigenvalue weighted by Gasteiger charge is -2.15. The fourth-order valence-electron chi connectivity index (χ4n) is 1.22. The van der Waals surface area contributed by atoms with Crippen LogP contribution in [0.15, 0.2) is 18.2 Å². The van der Waals surface area contributed by atoms with Crippen molar-refractivity contribution in [2.45, 2.75) is 13.2 Å². The number of hydrogen-bond acceptors (Lipinski definition) is 3. The number of aryl methyl sites for hydroxylation is 1. The van der Waals surface area contributed by atoms with Crippen LogP contribution in [0, 0.1) is 12.7 Å². The van der Waals surface area contributed by atoms with Gasteiger partial charge in [0.2, 0.25) is 0 Å². The molecule has 0 aromatic heterocycles. The molecule has 3 nitrogen and oxygen atoms in total. The summed E-state index contributed by atoms with van der Waals surface area (Å²) >= 11 is 0. The molecule has 15 heavy (non-hydrogen) atoms. The molecule has 0 aliphatic rings. The standard InChI is InChI=1S/C11H16FNO2/c1-8-4-5-10(9(12)6-8)13-7-11(14-2)15-3/h4-6,11,13H,7H2,1-3H3. The molecule has 1 aromatic rings. The van der Waals surface area contributed by atoms with Crippen molar-refractivity contribution in [3.05, 3.63) is 29.6 Å². The van der Waals surface area contributed by atoms with E-state index in [1.165, 1.54) is 6.07 Å². The molecule has 1 N–H and O–H groups in total. The van der Waals surface area contributed by atoms with Crippen LogP contribution in [-0.4, -0.2) is 27.1 Å². The lowest BCUT2D eigenvalue weighted by atomic mass is 10.2. The number of nitrogens with one attached hydrogen (secondary N) is 1. The van der Waals surface area contributed by atoms with Gasteiger partial charge in [0.05, 0.1) is 12.2 Å².